The largest absolute Gasteiger partial charge is 0.493 e. The van der Waals surface area contributed by atoms with Crippen LogP contribution in [0.5, 0.6) is 11.5 Å². The van der Waals surface area contributed by atoms with Crippen LogP contribution in [0, 0.1) is 0 Å². The van der Waals surface area contributed by atoms with Crippen LogP contribution in [0.15, 0.2) is 18.2 Å². The van der Waals surface area contributed by atoms with Crippen molar-refractivity contribution in [1.29, 1.82) is 0 Å². The van der Waals surface area contributed by atoms with Gasteiger partial charge in [-0.2, -0.15) is 0 Å². The van der Waals surface area contributed by atoms with Gasteiger partial charge in [-0.05, 0) is 44.5 Å². The van der Waals surface area contributed by atoms with Gasteiger partial charge in [0.15, 0.2) is 11.5 Å². The highest BCUT2D eigenvalue weighted by Gasteiger charge is 2.18. The molecule has 0 amide bonds. The molecule has 0 aromatic heterocycles. The molecule has 0 aliphatic carbocycles. The molecule has 0 radical (unpaired) electrons. The Morgan fingerprint density at radius 2 is 2.32 bits per heavy atom. The normalized spacial score (nSPS) is 19.2. The van der Waals surface area contributed by atoms with Crippen LogP contribution in [0.3, 0.4) is 0 Å². The minimum atomic E-state index is 0.141. The monoisotopic (exact) mass is 265 g/mol. The molecule has 1 aromatic carbocycles. The topological polar surface area (TPSA) is 39.7 Å². The number of rotatable bonds is 6. The summed E-state index contributed by atoms with van der Waals surface area (Å²) in [7, 11) is 3.65. The lowest BCUT2D eigenvalue weighted by molar-refractivity contribution is 0.00639. The second-order valence-corrected chi connectivity index (χ2v) is 4.76. The lowest BCUT2D eigenvalue weighted by Crippen LogP contribution is -2.28. The van der Waals surface area contributed by atoms with E-state index in [1.165, 1.54) is 5.56 Å². The van der Waals surface area contributed by atoms with Crippen molar-refractivity contribution in [3.05, 3.63) is 23.8 Å². The van der Waals surface area contributed by atoms with Crippen molar-refractivity contribution in [1.82, 2.24) is 5.32 Å². The summed E-state index contributed by atoms with van der Waals surface area (Å²) in [4.78, 5) is 0. The Morgan fingerprint density at radius 3 is 3.00 bits per heavy atom. The summed E-state index contributed by atoms with van der Waals surface area (Å²) in [6.45, 7) is 2.44. The maximum atomic E-state index is 6.03. The summed E-state index contributed by atoms with van der Waals surface area (Å²) in [6, 6.07) is 6.07. The molecule has 4 nitrogen and oxygen atoms in total. The third-order valence-electron chi connectivity index (χ3n) is 3.32. The van der Waals surface area contributed by atoms with E-state index in [0.717, 1.165) is 43.9 Å². The van der Waals surface area contributed by atoms with E-state index in [1.54, 1.807) is 7.11 Å². The number of para-hydroxylation sites is 1. The van der Waals surface area contributed by atoms with Gasteiger partial charge >= 0.3 is 0 Å². The zero-order chi connectivity index (χ0) is 13.5. The lowest BCUT2D eigenvalue weighted by atomic mass is 10.1. The molecule has 1 fully saturated rings. The van der Waals surface area contributed by atoms with Crippen LogP contribution in [-0.2, 0) is 11.2 Å². The minimum absolute atomic E-state index is 0.141. The molecule has 19 heavy (non-hydrogen) atoms. The van der Waals surface area contributed by atoms with E-state index in [9.17, 15) is 0 Å². The van der Waals surface area contributed by atoms with Crippen LogP contribution < -0.4 is 14.8 Å². The fourth-order valence-corrected chi connectivity index (χ4v) is 2.33. The second-order valence-electron chi connectivity index (χ2n) is 4.76. The van der Waals surface area contributed by atoms with E-state index in [-0.39, 0.29) is 6.10 Å². The van der Waals surface area contributed by atoms with Crippen molar-refractivity contribution in [2.75, 3.05) is 33.9 Å². The van der Waals surface area contributed by atoms with Gasteiger partial charge in [0, 0.05) is 6.61 Å². The first kappa shape index (κ1) is 14.2. The first-order valence-electron chi connectivity index (χ1n) is 6.90. The third-order valence-corrected chi connectivity index (χ3v) is 3.32. The molecule has 1 aliphatic heterocycles. The molecule has 1 unspecified atom stereocenters. The molecule has 1 saturated heterocycles. The Balaban J connectivity index is 2.09. The molecule has 0 saturated carbocycles. The van der Waals surface area contributed by atoms with Gasteiger partial charge in [0.05, 0.1) is 13.7 Å². The SMILES string of the molecule is CNCCc1cccc(OC2CCCOC2)c1OC. The van der Waals surface area contributed by atoms with Gasteiger partial charge in [-0.1, -0.05) is 12.1 Å². The Morgan fingerprint density at radius 1 is 1.42 bits per heavy atom. The average Bonchev–Trinajstić information content (AvgIpc) is 2.46. The van der Waals surface area contributed by atoms with E-state index in [1.807, 2.05) is 19.2 Å². The summed E-state index contributed by atoms with van der Waals surface area (Å²) in [5.41, 5.74) is 1.17. The summed E-state index contributed by atoms with van der Waals surface area (Å²) in [6.07, 6.45) is 3.18. The van der Waals surface area contributed by atoms with Crippen LogP contribution >= 0.6 is 0 Å². The number of hydrogen-bond acceptors (Lipinski definition) is 4. The molecule has 1 aliphatic rings. The van der Waals surface area contributed by atoms with Crippen molar-refractivity contribution >= 4 is 0 Å². The molecule has 1 aromatic rings. The first-order chi connectivity index (χ1) is 9.35. The fraction of sp³-hybridized carbons (Fsp3) is 0.600. The predicted octanol–water partition coefficient (Wildman–Crippen LogP) is 2.01. The van der Waals surface area contributed by atoms with Gasteiger partial charge in [-0.15, -0.1) is 0 Å². The zero-order valence-electron chi connectivity index (χ0n) is 11.8. The molecule has 1 atom stereocenters. The maximum absolute atomic E-state index is 6.03. The smallest absolute Gasteiger partial charge is 0.163 e. The average molecular weight is 265 g/mol. The van der Waals surface area contributed by atoms with Crippen molar-refractivity contribution in [3.8, 4) is 11.5 Å². The van der Waals surface area contributed by atoms with E-state index < -0.39 is 0 Å². The summed E-state index contributed by atoms with van der Waals surface area (Å²) in [5.74, 6) is 1.68. The quantitative estimate of drug-likeness (QED) is 0.854. The van der Waals surface area contributed by atoms with Gasteiger partial charge in [-0.25, -0.2) is 0 Å². The molecule has 4 heteroatoms. The molecular weight excluding hydrogens is 242 g/mol. The second kappa shape index (κ2) is 7.36. The van der Waals surface area contributed by atoms with Gasteiger partial charge < -0.3 is 19.5 Å². The highest BCUT2D eigenvalue weighted by Crippen LogP contribution is 2.32. The molecular formula is C15H23NO3. The maximum Gasteiger partial charge on any atom is 0.163 e. The van der Waals surface area contributed by atoms with Crippen LogP contribution in [0.25, 0.3) is 0 Å². The Hall–Kier alpha value is -1.26. The number of likely N-dealkylation sites (N-methyl/N-ethyl adjacent to an activating group) is 1. The van der Waals surface area contributed by atoms with E-state index in [0.29, 0.717) is 6.61 Å². The molecule has 1 heterocycles. The van der Waals surface area contributed by atoms with Gasteiger partial charge in [-0.3, -0.25) is 0 Å². The molecule has 0 bridgehead atoms. The fourth-order valence-electron chi connectivity index (χ4n) is 2.33. The van der Waals surface area contributed by atoms with Crippen molar-refractivity contribution in [2.24, 2.45) is 0 Å². The minimum Gasteiger partial charge on any atom is -0.493 e. The van der Waals surface area contributed by atoms with Gasteiger partial charge in [0.25, 0.3) is 0 Å². The van der Waals surface area contributed by atoms with Crippen molar-refractivity contribution in [3.63, 3.8) is 0 Å². The summed E-state index contributed by atoms with van der Waals surface area (Å²) >= 11 is 0. The Bertz CT molecular complexity index is 389. The standard InChI is InChI=1S/C15H23NO3/c1-16-9-8-12-5-3-7-14(15(12)17-2)19-13-6-4-10-18-11-13/h3,5,7,13,16H,4,6,8-11H2,1-2H3. The van der Waals surface area contributed by atoms with Crippen LogP contribution in [0.4, 0.5) is 0 Å². The van der Waals surface area contributed by atoms with E-state index in [4.69, 9.17) is 14.2 Å². The number of nitrogens with one attached hydrogen (secondary N) is 1. The van der Waals surface area contributed by atoms with Crippen molar-refractivity contribution in [2.45, 2.75) is 25.4 Å². The van der Waals surface area contributed by atoms with Crippen molar-refractivity contribution < 1.29 is 14.2 Å². The highest BCUT2D eigenvalue weighted by molar-refractivity contribution is 5.46. The number of methoxy groups -OCH3 is 1. The van der Waals surface area contributed by atoms with E-state index >= 15 is 0 Å². The van der Waals surface area contributed by atoms with Crippen LogP contribution in [0.1, 0.15) is 18.4 Å². The Kier molecular flexibility index (Phi) is 5.48. The van der Waals surface area contributed by atoms with E-state index in [2.05, 4.69) is 11.4 Å². The zero-order valence-corrected chi connectivity index (χ0v) is 11.8. The van der Waals surface area contributed by atoms with Crippen LogP contribution in [0.2, 0.25) is 0 Å². The van der Waals surface area contributed by atoms with Crippen LogP contribution in [-0.4, -0.2) is 40.0 Å². The molecule has 2 rings (SSSR count). The molecule has 1 N–H and O–H groups in total. The predicted molar refractivity (Wildman–Crippen MR) is 75.1 cm³/mol. The Labute approximate surface area is 115 Å². The summed E-state index contributed by atoms with van der Waals surface area (Å²) in [5, 5.41) is 3.15. The number of ether oxygens (including phenoxy) is 3. The molecule has 106 valence electrons. The van der Waals surface area contributed by atoms with Gasteiger partial charge in [0.2, 0.25) is 0 Å². The summed E-state index contributed by atoms with van der Waals surface area (Å²) < 4.78 is 17.0. The van der Waals surface area contributed by atoms with Gasteiger partial charge in [0.1, 0.15) is 6.10 Å². The highest BCUT2D eigenvalue weighted by atomic mass is 16.5. The molecule has 0 spiro atoms. The number of hydrogen-bond donors (Lipinski definition) is 1. The first-order valence-corrected chi connectivity index (χ1v) is 6.90. The third kappa shape index (κ3) is 3.85. The number of benzene rings is 1. The lowest BCUT2D eigenvalue weighted by Gasteiger charge is -2.24.